The predicted octanol–water partition coefficient (Wildman–Crippen LogP) is 1.62. The van der Waals surface area contributed by atoms with Gasteiger partial charge in [0, 0.05) is 0 Å². The van der Waals surface area contributed by atoms with E-state index in [-0.39, 0.29) is 30.0 Å². The van der Waals surface area contributed by atoms with Gasteiger partial charge in [0.25, 0.3) is 0 Å². The Morgan fingerprint density at radius 2 is 1.48 bits per heavy atom. The van der Waals surface area contributed by atoms with Crippen molar-refractivity contribution in [3.8, 4) is 0 Å². The van der Waals surface area contributed by atoms with Crippen molar-refractivity contribution in [2.45, 2.75) is 45.6 Å². The quantitative estimate of drug-likeness (QED) is 0.686. The van der Waals surface area contributed by atoms with Gasteiger partial charge in [-0.25, -0.2) is 9.59 Å². The maximum Gasteiger partial charge on any atom is 0.332 e. The van der Waals surface area contributed by atoms with E-state index in [1.165, 1.54) is 0 Å². The van der Waals surface area contributed by atoms with Gasteiger partial charge >= 0.3 is 11.9 Å². The van der Waals surface area contributed by atoms with Gasteiger partial charge in [-0.15, -0.1) is 0 Å². The van der Waals surface area contributed by atoms with Crippen LogP contribution in [0.2, 0.25) is 0 Å². The highest BCUT2D eigenvalue weighted by Gasteiger charge is 2.67. The summed E-state index contributed by atoms with van der Waals surface area (Å²) >= 11 is 0. The second kappa shape index (κ2) is 5.57. The summed E-state index contributed by atoms with van der Waals surface area (Å²) in [7, 11) is 0. The monoisotopic (exact) mass is 300 g/mol. The van der Waals surface area contributed by atoms with Crippen molar-refractivity contribution in [2.75, 3.05) is 26.4 Å². The molecule has 6 nitrogen and oxygen atoms in total. The standard InChI is InChI=1S/C15H24O6/c1-13(2,3)21-12(18)5-20-10-15-6-14(7-15,8-15)9-19-4-11(16)17/h4-10H2,1-3H3,(H,16,17). The first kappa shape index (κ1) is 16.2. The van der Waals surface area contributed by atoms with Gasteiger partial charge in [0.15, 0.2) is 0 Å². The van der Waals surface area contributed by atoms with Gasteiger partial charge in [-0.2, -0.15) is 0 Å². The Bertz CT molecular complexity index is 403. The van der Waals surface area contributed by atoms with Crippen LogP contribution in [0.5, 0.6) is 0 Å². The van der Waals surface area contributed by atoms with Gasteiger partial charge < -0.3 is 19.3 Å². The lowest BCUT2D eigenvalue weighted by Crippen LogP contribution is -2.65. The molecule has 3 saturated carbocycles. The molecule has 6 heteroatoms. The van der Waals surface area contributed by atoms with Crippen LogP contribution in [0.1, 0.15) is 40.0 Å². The number of carboxylic acids is 1. The number of carbonyl (C=O) groups excluding carboxylic acids is 1. The van der Waals surface area contributed by atoms with Crippen LogP contribution < -0.4 is 0 Å². The molecule has 0 spiro atoms. The second-order valence-corrected chi connectivity index (χ2v) is 7.50. The summed E-state index contributed by atoms with van der Waals surface area (Å²) in [6.07, 6.45) is 2.98. The summed E-state index contributed by atoms with van der Waals surface area (Å²) < 4.78 is 15.8. The fourth-order valence-electron chi connectivity index (χ4n) is 3.61. The van der Waals surface area contributed by atoms with Crippen molar-refractivity contribution in [1.29, 1.82) is 0 Å². The largest absolute Gasteiger partial charge is 0.480 e. The number of ether oxygens (including phenoxy) is 3. The van der Waals surface area contributed by atoms with Crippen LogP contribution in [0.3, 0.4) is 0 Å². The number of carbonyl (C=O) groups is 2. The third-order valence-corrected chi connectivity index (χ3v) is 3.93. The fraction of sp³-hybridized carbons (Fsp3) is 0.867. The average molecular weight is 300 g/mol. The maximum atomic E-state index is 11.5. The molecule has 0 aromatic rings. The number of esters is 1. The van der Waals surface area contributed by atoms with Crippen molar-refractivity contribution < 1.29 is 28.9 Å². The summed E-state index contributed by atoms with van der Waals surface area (Å²) in [5.74, 6) is -1.27. The Kier molecular flexibility index (Phi) is 4.31. The zero-order chi connectivity index (χ0) is 15.7. The molecular formula is C15H24O6. The Morgan fingerprint density at radius 3 is 1.90 bits per heavy atom. The number of rotatable bonds is 8. The van der Waals surface area contributed by atoms with Crippen LogP contribution in [0, 0.1) is 10.8 Å². The third kappa shape index (κ3) is 4.17. The molecule has 120 valence electrons. The normalized spacial score (nSPS) is 30.2. The molecule has 0 unspecified atom stereocenters. The molecule has 0 atom stereocenters. The van der Waals surface area contributed by atoms with Crippen LogP contribution in [-0.2, 0) is 23.8 Å². The van der Waals surface area contributed by atoms with Crippen LogP contribution in [-0.4, -0.2) is 49.1 Å². The van der Waals surface area contributed by atoms with Gasteiger partial charge in [0.05, 0.1) is 13.2 Å². The lowest BCUT2D eigenvalue weighted by atomic mass is 9.35. The molecular weight excluding hydrogens is 276 g/mol. The van der Waals surface area contributed by atoms with E-state index in [0.717, 1.165) is 19.3 Å². The van der Waals surface area contributed by atoms with E-state index >= 15 is 0 Å². The van der Waals surface area contributed by atoms with Crippen molar-refractivity contribution in [1.82, 2.24) is 0 Å². The molecule has 3 rings (SSSR count). The first-order chi connectivity index (χ1) is 9.64. The summed E-state index contributed by atoms with van der Waals surface area (Å²) in [5.41, 5.74) is -0.151. The Hall–Kier alpha value is -1.14. The van der Waals surface area contributed by atoms with Crippen molar-refractivity contribution in [3.05, 3.63) is 0 Å². The SMILES string of the molecule is CC(C)(C)OC(=O)COCC12CC(COCC(=O)O)(C1)C2. The zero-order valence-corrected chi connectivity index (χ0v) is 12.9. The van der Waals surface area contributed by atoms with Crippen LogP contribution >= 0.6 is 0 Å². The van der Waals surface area contributed by atoms with E-state index in [1.54, 1.807) is 0 Å². The van der Waals surface area contributed by atoms with Gasteiger partial charge in [0.2, 0.25) is 0 Å². The van der Waals surface area contributed by atoms with Gasteiger partial charge in [-0.3, -0.25) is 0 Å². The van der Waals surface area contributed by atoms with E-state index < -0.39 is 11.6 Å². The molecule has 0 radical (unpaired) electrons. The van der Waals surface area contributed by atoms with E-state index in [1.807, 2.05) is 20.8 Å². The van der Waals surface area contributed by atoms with Crippen molar-refractivity contribution >= 4 is 11.9 Å². The Morgan fingerprint density at radius 1 is 1.00 bits per heavy atom. The smallest absolute Gasteiger partial charge is 0.332 e. The summed E-state index contributed by atoms with van der Waals surface area (Å²) in [6.45, 7) is 6.30. The second-order valence-electron chi connectivity index (χ2n) is 7.50. The molecule has 0 aromatic heterocycles. The van der Waals surface area contributed by atoms with Gasteiger partial charge in [0.1, 0.15) is 18.8 Å². The van der Waals surface area contributed by atoms with E-state index in [9.17, 15) is 9.59 Å². The molecule has 3 aliphatic rings. The molecule has 0 amide bonds. The molecule has 0 aromatic carbocycles. The number of hydrogen-bond donors (Lipinski definition) is 1. The highest BCUT2D eigenvalue weighted by atomic mass is 16.6. The van der Waals surface area contributed by atoms with Crippen molar-refractivity contribution in [2.24, 2.45) is 10.8 Å². The average Bonchev–Trinajstić information content (AvgIpc) is 2.19. The molecule has 2 bridgehead atoms. The molecule has 0 heterocycles. The summed E-state index contributed by atoms with van der Waals surface area (Å²) in [6, 6.07) is 0. The van der Waals surface area contributed by atoms with Crippen LogP contribution in [0.15, 0.2) is 0 Å². The molecule has 3 fully saturated rings. The van der Waals surface area contributed by atoms with E-state index in [2.05, 4.69) is 0 Å². The predicted molar refractivity (Wildman–Crippen MR) is 73.8 cm³/mol. The minimum atomic E-state index is -0.933. The number of hydrogen-bond acceptors (Lipinski definition) is 5. The first-order valence-corrected chi connectivity index (χ1v) is 7.23. The highest BCUT2D eigenvalue weighted by Crippen LogP contribution is 2.73. The summed E-state index contributed by atoms with van der Waals surface area (Å²) in [4.78, 5) is 21.9. The van der Waals surface area contributed by atoms with Crippen LogP contribution in [0.25, 0.3) is 0 Å². The molecule has 3 aliphatic carbocycles. The van der Waals surface area contributed by atoms with Crippen LogP contribution in [0.4, 0.5) is 0 Å². The van der Waals surface area contributed by atoms with Gasteiger partial charge in [-0.1, -0.05) is 0 Å². The number of aliphatic carboxylic acids is 1. The Balaban J connectivity index is 1.57. The molecule has 0 saturated heterocycles. The summed E-state index contributed by atoms with van der Waals surface area (Å²) in [5, 5.41) is 8.52. The maximum absolute atomic E-state index is 11.5. The number of carboxylic acid groups (broad SMARTS) is 1. The fourth-order valence-corrected chi connectivity index (χ4v) is 3.61. The lowest BCUT2D eigenvalue weighted by Gasteiger charge is -2.70. The van der Waals surface area contributed by atoms with E-state index in [0.29, 0.717) is 13.2 Å². The molecule has 0 aliphatic heterocycles. The lowest BCUT2D eigenvalue weighted by molar-refractivity contribution is -0.253. The Labute approximate surface area is 124 Å². The zero-order valence-electron chi connectivity index (χ0n) is 12.9. The highest BCUT2D eigenvalue weighted by molar-refractivity contribution is 5.71. The minimum absolute atomic E-state index is 0.0124. The third-order valence-electron chi connectivity index (χ3n) is 3.93. The molecule has 21 heavy (non-hydrogen) atoms. The van der Waals surface area contributed by atoms with E-state index in [4.69, 9.17) is 19.3 Å². The molecule has 1 N–H and O–H groups in total. The topological polar surface area (TPSA) is 82.1 Å². The van der Waals surface area contributed by atoms with Gasteiger partial charge in [-0.05, 0) is 50.9 Å². The van der Waals surface area contributed by atoms with Crippen molar-refractivity contribution in [3.63, 3.8) is 0 Å². The first-order valence-electron chi connectivity index (χ1n) is 7.23. The minimum Gasteiger partial charge on any atom is -0.480 e.